The van der Waals surface area contributed by atoms with E-state index in [2.05, 4.69) is 0 Å². The Labute approximate surface area is 95.0 Å². The minimum atomic E-state index is 0.00733. The molecule has 0 saturated carbocycles. The van der Waals surface area contributed by atoms with Gasteiger partial charge in [0.2, 0.25) is 0 Å². The van der Waals surface area contributed by atoms with Gasteiger partial charge >= 0.3 is 0 Å². The molecule has 0 aliphatic carbocycles. The molecule has 0 radical (unpaired) electrons. The summed E-state index contributed by atoms with van der Waals surface area (Å²) in [5.41, 5.74) is 0.600. The van der Waals surface area contributed by atoms with Gasteiger partial charge in [-0.3, -0.25) is 4.79 Å². The SMILES string of the molecule is O=C(CCCl)c1ccc(O)c(I)c1. The quantitative estimate of drug-likeness (QED) is 0.529. The minimum absolute atomic E-state index is 0.00733. The second kappa shape index (κ2) is 4.81. The number of benzene rings is 1. The number of rotatable bonds is 3. The third-order valence-electron chi connectivity index (χ3n) is 1.59. The molecule has 0 unspecified atom stereocenters. The first-order chi connectivity index (χ1) is 6.15. The largest absolute Gasteiger partial charge is 0.507 e. The molecule has 0 spiro atoms. The minimum Gasteiger partial charge on any atom is -0.507 e. The highest BCUT2D eigenvalue weighted by molar-refractivity contribution is 14.1. The lowest BCUT2D eigenvalue weighted by atomic mass is 10.1. The summed E-state index contributed by atoms with van der Waals surface area (Å²) in [6.45, 7) is 0. The van der Waals surface area contributed by atoms with Gasteiger partial charge in [-0.15, -0.1) is 11.6 Å². The molecule has 0 fully saturated rings. The molecule has 2 nitrogen and oxygen atoms in total. The number of aromatic hydroxyl groups is 1. The Hall–Kier alpha value is -0.290. The number of hydrogen-bond acceptors (Lipinski definition) is 2. The van der Waals surface area contributed by atoms with Crippen LogP contribution in [0.2, 0.25) is 0 Å². The van der Waals surface area contributed by atoms with Crippen molar-refractivity contribution in [3.05, 3.63) is 27.3 Å². The van der Waals surface area contributed by atoms with Crippen LogP contribution in [-0.4, -0.2) is 16.8 Å². The van der Waals surface area contributed by atoms with E-state index in [0.29, 0.717) is 21.4 Å². The average molecular weight is 311 g/mol. The monoisotopic (exact) mass is 310 g/mol. The molecule has 13 heavy (non-hydrogen) atoms. The van der Waals surface area contributed by atoms with Crippen molar-refractivity contribution < 1.29 is 9.90 Å². The Morgan fingerprint density at radius 2 is 2.23 bits per heavy atom. The highest BCUT2D eigenvalue weighted by Gasteiger charge is 2.06. The molecule has 0 saturated heterocycles. The average Bonchev–Trinajstić information content (AvgIpc) is 2.10. The molecule has 0 aromatic heterocycles. The van der Waals surface area contributed by atoms with Crippen molar-refractivity contribution in [1.29, 1.82) is 0 Å². The van der Waals surface area contributed by atoms with Crippen molar-refractivity contribution in [3.8, 4) is 5.75 Å². The van der Waals surface area contributed by atoms with E-state index in [0.717, 1.165) is 0 Å². The standard InChI is InChI=1S/C9H8ClIO2/c10-4-3-8(12)6-1-2-9(13)7(11)5-6/h1-2,5,13H,3-4H2. The van der Waals surface area contributed by atoms with E-state index in [-0.39, 0.29) is 11.5 Å². The molecule has 0 heterocycles. The normalized spacial score (nSPS) is 10.0. The maximum Gasteiger partial charge on any atom is 0.164 e. The van der Waals surface area contributed by atoms with Gasteiger partial charge in [-0.25, -0.2) is 0 Å². The van der Waals surface area contributed by atoms with Crippen molar-refractivity contribution >= 4 is 40.0 Å². The Kier molecular flexibility index (Phi) is 3.99. The summed E-state index contributed by atoms with van der Waals surface area (Å²) < 4.78 is 0.679. The third kappa shape index (κ3) is 2.84. The fourth-order valence-corrected chi connectivity index (χ4v) is 1.60. The van der Waals surface area contributed by atoms with Gasteiger partial charge in [-0.1, -0.05) is 0 Å². The lowest BCUT2D eigenvalue weighted by Gasteiger charge is -2.00. The highest BCUT2D eigenvalue weighted by atomic mass is 127. The zero-order chi connectivity index (χ0) is 9.84. The summed E-state index contributed by atoms with van der Waals surface area (Å²) in [6, 6.07) is 4.78. The Bertz CT molecular complexity index is 325. The van der Waals surface area contributed by atoms with Crippen LogP contribution in [0.1, 0.15) is 16.8 Å². The Morgan fingerprint density at radius 1 is 1.54 bits per heavy atom. The first-order valence-corrected chi connectivity index (χ1v) is 5.34. The Morgan fingerprint density at radius 3 is 2.77 bits per heavy atom. The van der Waals surface area contributed by atoms with Gasteiger partial charge in [0.05, 0.1) is 3.57 Å². The van der Waals surface area contributed by atoms with Gasteiger partial charge in [-0.05, 0) is 40.8 Å². The molecule has 1 aromatic carbocycles. The number of ketones is 1. The lowest BCUT2D eigenvalue weighted by Crippen LogP contribution is -1.99. The summed E-state index contributed by atoms with van der Waals surface area (Å²) >= 11 is 7.42. The Balaban J connectivity index is 2.90. The summed E-state index contributed by atoms with van der Waals surface area (Å²) in [5, 5.41) is 9.21. The molecule has 1 aromatic rings. The maximum atomic E-state index is 11.3. The van der Waals surface area contributed by atoms with E-state index in [9.17, 15) is 9.90 Å². The molecule has 1 rings (SSSR count). The molecule has 1 N–H and O–H groups in total. The van der Waals surface area contributed by atoms with E-state index >= 15 is 0 Å². The van der Waals surface area contributed by atoms with Crippen LogP contribution in [0.15, 0.2) is 18.2 Å². The summed E-state index contributed by atoms with van der Waals surface area (Å²) in [5.74, 6) is 0.534. The second-order valence-corrected chi connectivity index (χ2v) is 4.07. The number of alkyl halides is 1. The van der Waals surface area contributed by atoms with Gasteiger partial charge in [0.1, 0.15) is 5.75 Å². The van der Waals surface area contributed by atoms with Crippen LogP contribution in [-0.2, 0) is 0 Å². The van der Waals surface area contributed by atoms with Gasteiger partial charge in [0.25, 0.3) is 0 Å². The lowest BCUT2D eigenvalue weighted by molar-refractivity contribution is 0.0989. The number of halogens is 2. The molecule has 0 atom stereocenters. The van der Waals surface area contributed by atoms with E-state index in [1.807, 2.05) is 22.6 Å². The van der Waals surface area contributed by atoms with E-state index in [1.165, 1.54) is 6.07 Å². The number of carbonyl (C=O) groups is 1. The highest BCUT2D eigenvalue weighted by Crippen LogP contribution is 2.20. The predicted molar refractivity (Wildman–Crippen MR) is 60.5 cm³/mol. The van der Waals surface area contributed by atoms with Crippen LogP contribution in [0.4, 0.5) is 0 Å². The van der Waals surface area contributed by atoms with Gasteiger partial charge < -0.3 is 5.11 Å². The van der Waals surface area contributed by atoms with Crippen LogP contribution >= 0.6 is 34.2 Å². The fourth-order valence-electron chi connectivity index (χ4n) is 0.911. The molecule has 0 bridgehead atoms. The van der Waals surface area contributed by atoms with Crippen LogP contribution < -0.4 is 0 Å². The topological polar surface area (TPSA) is 37.3 Å². The second-order valence-electron chi connectivity index (χ2n) is 2.53. The number of phenolic OH excluding ortho intramolecular Hbond substituents is 1. The zero-order valence-electron chi connectivity index (χ0n) is 6.76. The first-order valence-electron chi connectivity index (χ1n) is 3.73. The van der Waals surface area contributed by atoms with E-state index < -0.39 is 0 Å². The number of Topliss-reactive ketones (excluding diaryl/α,β-unsaturated/α-hetero) is 1. The van der Waals surface area contributed by atoms with Crippen molar-refractivity contribution in [3.63, 3.8) is 0 Å². The molecule has 0 aliphatic heterocycles. The van der Waals surface area contributed by atoms with E-state index in [4.69, 9.17) is 11.6 Å². The smallest absolute Gasteiger partial charge is 0.164 e. The first kappa shape index (κ1) is 10.8. The maximum absolute atomic E-state index is 11.3. The van der Waals surface area contributed by atoms with Gasteiger partial charge in [-0.2, -0.15) is 0 Å². The van der Waals surface area contributed by atoms with Gasteiger partial charge in [0, 0.05) is 17.9 Å². The van der Waals surface area contributed by atoms with Crippen molar-refractivity contribution in [2.45, 2.75) is 6.42 Å². The van der Waals surface area contributed by atoms with Crippen molar-refractivity contribution in [2.24, 2.45) is 0 Å². The molecule has 4 heteroatoms. The van der Waals surface area contributed by atoms with Crippen LogP contribution in [0.25, 0.3) is 0 Å². The molecule has 70 valence electrons. The number of carbonyl (C=O) groups excluding carboxylic acids is 1. The molecular weight excluding hydrogens is 302 g/mol. The van der Waals surface area contributed by atoms with E-state index in [1.54, 1.807) is 12.1 Å². The molecular formula is C9H8ClIO2. The van der Waals surface area contributed by atoms with Crippen molar-refractivity contribution in [2.75, 3.05) is 5.88 Å². The third-order valence-corrected chi connectivity index (χ3v) is 2.64. The van der Waals surface area contributed by atoms with Crippen LogP contribution in [0.5, 0.6) is 5.75 Å². The summed E-state index contributed by atoms with van der Waals surface area (Å²) in [4.78, 5) is 11.3. The van der Waals surface area contributed by atoms with Crippen LogP contribution in [0.3, 0.4) is 0 Å². The summed E-state index contributed by atoms with van der Waals surface area (Å²) in [7, 11) is 0. The summed E-state index contributed by atoms with van der Waals surface area (Å²) in [6.07, 6.45) is 0.336. The van der Waals surface area contributed by atoms with Crippen LogP contribution in [0, 0.1) is 3.57 Å². The fraction of sp³-hybridized carbons (Fsp3) is 0.222. The number of hydrogen-bond donors (Lipinski definition) is 1. The van der Waals surface area contributed by atoms with Gasteiger partial charge in [0.15, 0.2) is 5.78 Å². The number of phenols is 1. The van der Waals surface area contributed by atoms with Crippen molar-refractivity contribution in [1.82, 2.24) is 0 Å². The predicted octanol–water partition coefficient (Wildman–Crippen LogP) is 2.81. The molecule has 0 aliphatic rings. The molecule has 0 amide bonds. The zero-order valence-corrected chi connectivity index (χ0v) is 9.67.